The lowest BCUT2D eigenvalue weighted by atomic mass is 9.45. The molecular weight excluding hydrogens is 730 g/mol. The highest BCUT2D eigenvalue weighted by Gasteiger charge is 2.80. The van der Waals surface area contributed by atoms with Crippen LogP contribution in [0.4, 0.5) is 0 Å². The summed E-state index contributed by atoms with van der Waals surface area (Å²) in [6.45, 7) is 0.204. The third-order valence-corrected chi connectivity index (χ3v) is 15.1. The predicted molar refractivity (Wildman–Crippen MR) is 181 cm³/mol. The second kappa shape index (κ2) is 12.2. The van der Waals surface area contributed by atoms with E-state index in [4.69, 9.17) is 47.5 Å². The van der Waals surface area contributed by atoms with Crippen LogP contribution in [0.15, 0.2) is 48.5 Å². The van der Waals surface area contributed by atoms with E-state index in [1.54, 1.807) is 50.6 Å². The van der Waals surface area contributed by atoms with Gasteiger partial charge in [0.2, 0.25) is 0 Å². The minimum atomic E-state index is -2.82. The molecule has 0 radical (unpaired) electrons. The van der Waals surface area contributed by atoms with Gasteiger partial charge < -0.3 is 18.9 Å². The van der Waals surface area contributed by atoms with Crippen molar-refractivity contribution in [1.29, 1.82) is 0 Å². The standard InChI is InChI=1S/C37H42O14P2/c1-42-36(24-5-3-7-30(13-24)46-52(38)39)34(48-50-36)26-9-22-10-27(34)18-32(15-22,17-26)44-21-45-33-16-23-11-28(19-33)35(29(12-23)20-33)37(43-2,51-49-35)25-6-4-8-31(14-25)47-53(40)41/h3-8,13-14,22-23,26-29H,9-12,15-21H2,1-2H3/p+2. The van der Waals surface area contributed by atoms with E-state index in [9.17, 15) is 18.9 Å². The number of hydrogen-bond donors (Lipinski definition) is 2. The molecule has 2 N–H and O–H groups in total. The van der Waals surface area contributed by atoms with Crippen LogP contribution in [0.5, 0.6) is 11.5 Å². The monoisotopic (exact) mass is 774 g/mol. The average Bonchev–Trinajstić information content (AvgIpc) is 3.07. The molecule has 16 heteroatoms. The van der Waals surface area contributed by atoms with Crippen molar-refractivity contribution in [2.24, 2.45) is 35.5 Å². The molecule has 2 aromatic carbocycles. The van der Waals surface area contributed by atoms with Crippen LogP contribution < -0.4 is 9.05 Å². The van der Waals surface area contributed by atoms with Crippen LogP contribution in [0.25, 0.3) is 0 Å². The first-order valence-corrected chi connectivity index (χ1v) is 20.8. The van der Waals surface area contributed by atoms with Gasteiger partial charge in [0.1, 0.15) is 6.79 Å². The van der Waals surface area contributed by atoms with E-state index in [1.807, 2.05) is 12.1 Å². The molecule has 2 spiro atoms. The van der Waals surface area contributed by atoms with Crippen molar-refractivity contribution in [3.05, 3.63) is 59.7 Å². The van der Waals surface area contributed by atoms with Gasteiger partial charge in [-0.2, -0.15) is 9.78 Å². The first kappa shape index (κ1) is 35.3. The summed E-state index contributed by atoms with van der Waals surface area (Å²) < 4.78 is 59.3. The highest BCUT2D eigenvalue weighted by molar-refractivity contribution is 7.32. The van der Waals surface area contributed by atoms with Crippen LogP contribution >= 0.6 is 16.5 Å². The van der Waals surface area contributed by atoms with E-state index >= 15 is 0 Å². The molecule has 0 amide bonds. The molecule has 284 valence electrons. The Morgan fingerprint density at radius 1 is 0.623 bits per heavy atom. The number of benzene rings is 2. The Labute approximate surface area is 308 Å². The molecule has 2 aromatic rings. The van der Waals surface area contributed by atoms with Gasteiger partial charge in [0.05, 0.1) is 11.2 Å². The lowest BCUT2D eigenvalue weighted by molar-refractivity contribution is -0.648. The van der Waals surface area contributed by atoms with Crippen LogP contribution in [-0.4, -0.2) is 53.2 Å². The van der Waals surface area contributed by atoms with E-state index in [0.29, 0.717) is 23.0 Å². The van der Waals surface area contributed by atoms with Gasteiger partial charge in [-0.1, -0.05) is 24.3 Å². The third kappa shape index (κ3) is 4.82. The van der Waals surface area contributed by atoms with Crippen molar-refractivity contribution in [3.8, 4) is 11.5 Å². The minimum Gasteiger partial charge on any atom is -0.349 e. The summed E-state index contributed by atoms with van der Waals surface area (Å²) in [5.41, 5.74) is -0.751. The minimum absolute atomic E-state index is 0.112. The van der Waals surface area contributed by atoms with Gasteiger partial charge in [-0.3, -0.25) is 0 Å². The van der Waals surface area contributed by atoms with Crippen LogP contribution in [0.3, 0.4) is 0 Å². The smallest absolute Gasteiger partial charge is 0.349 e. The Morgan fingerprint density at radius 3 is 1.34 bits per heavy atom. The fraction of sp³-hybridized carbons (Fsp3) is 0.676. The summed E-state index contributed by atoms with van der Waals surface area (Å²) in [6.07, 6.45) is 9.01. The first-order valence-electron chi connectivity index (χ1n) is 18.5. The second-order valence-electron chi connectivity index (χ2n) is 16.7. The van der Waals surface area contributed by atoms with E-state index < -0.39 is 39.3 Å². The molecular formula is C37H44O14P2+2. The van der Waals surface area contributed by atoms with E-state index in [1.165, 1.54) is 0 Å². The first-order chi connectivity index (χ1) is 25.5. The summed E-state index contributed by atoms with van der Waals surface area (Å²) in [7, 11) is -2.40. The molecule has 8 saturated carbocycles. The Balaban J connectivity index is 0.856. The maximum Gasteiger partial charge on any atom is 0.747 e. The molecule has 0 aromatic heterocycles. The van der Waals surface area contributed by atoms with Gasteiger partial charge >= 0.3 is 16.5 Å². The molecule has 12 rings (SSSR count). The third-order valence-electron chi connectivity index (χ3n) is 14.4. The largest absolute Gasteiger partial charge is 0.747 e. The van der Waals surface area contributed by atoms with Gasteiger partial charge in [0.15, 0.2) is 22.7 Å². The zero-order chi connectivity index (χ0) is 36.4. The number of methoxy groups -OCH3 is 2. The maximum absolute atomic E-state index is 11.4. The number of hydrogen-bond acceptors (Lipinski definition) is 12. The zero-order valence-corrected chi connectivity index (χ0v) is 31.3. The van der Waals surface area contributed by atoms with E-state index in [2.05, 4.69) is 0 Å². The normalized spacial score (nSPS) is 46.0. The highest BCUT2D eigenvalue weighted by Crippen LogP contribution is 2.73. The highest BCUT2D eigenvalue weighted by atomic mass is 31.1. The van der Waals surface area contributed by atoms with Gasteiger partial charge in [-0.25, -0.2) is 18.8 Å². The fourth-order valence-electron chi connectivity index (χ4n) is 13.1. The second-order valence-corrected chi connectivity index (χ2v) is 18.1. The molecule has 8 bridgehead atoms. The SMILES string of the molecule is COC1(c2cccc(O[P+](=O)O)c2)OOC12C1CC3CC2CC(OCOC24CC5CC(C2)C2(OOC2(OC)c2cccc(O[P+](=O)O)c2)C(C5)C4)(C3)C1. The fourth-order valence-corrected chi connectivity index (χ4v) is 13.7. The van der Waals surface area contributed by atoms with Gasteiger partial charge in [0, 0.05) is 58.1 Å². The molecule has 14 nitrogen and oxygen atoms in total. The topological polar surface area (TPSA) is 167 Å². The Bertz CT molecular complexity index is 1670. The quantitative estimate of drug-likeness (QED) is 0.135. The maximum atomic E-state index is 11.4. The van der Waals surface area contributed by atoms with Gasteiger partial charge in [0.25, 0.3) is 11.6 Å². The van der Waals surface area contributed by atoms with Crippen molar-refractivity contribution in [3.63, 3.8) is 0 Å². The molecule has 8 unspecified atom stereocenters. The summed E-state index contributed by atoms with van der Waals surface area (Å²) in [4.78, 5) is 42.9. The summed E-state index contributed by atoms with van der Waals surface area (Å²) in [5.74, 6) is -0.415. The Hall–Kier alpha value is -2.16. The van der Waals surface area contributed by atoms with Crippen LogP contribution in [-0.2, 0) is 59.2 Å². The van der Waals surface area contributed by atoms with Crippen molar-refractivity contribution in [2.75, 3.05) is 21.0 Å². The lowest BCUT2D eigenvalue weighted by Gasteiger charge is -2.71. The van der Waals surface area contributed by atoms with Crippen LogP contribution in [0.1, 0.15) is 75.3 Å². The molecule has 53 heavy (non-hydrogen) atoms. The van der Waals surface area contributed by atoms with Crippen molar-refractivity contribution in [1.82, 2.24) is 0 Å². The molecule has 8 aliphatic carbocycles. The predicted octanol–water partition coefficient (Wildman–Crippen LogP) is 6.59. The lowest BCUT2D eigenvalue weighted by Crippen LogP contribution is -2.79. The Morgan fingerprint density at radius 2 is 1.02 bits per heavy atom. The average molecular weight is 775 g/mol. The molecule has 10 aliphatic rings. The summed E-state index contributed by atoms with van der Waals surface area (Å²) in [6, 6.07) is 14.0. The molecule has 2 saturated heterocycles. The van der Waals surface area contributed by atoms with Crippen LogP contribution in [0, 0.1) is 35.5 Å². The summed E-state index contributed by atoms with van der Waals surface area (Å²) in [5, 5.41) is 0. The van der Waals surface area contributed by atoms with E-state index in [-0.39, 0.29) is 53.2 Å². The van der Waals surface area contributed by atoms with Gasteiger partial charge in [-0.15, -0.1) is 9.79 Å². The van der Waals surface area contributed by atoms with E-state index in [0.717, 1.165) is 64.2 Å². The van der Waals surface area contributed by atoms with Crippen molar-refractivity contribution in [2.45, 2.75) is 98.2 Å². The molecule has 8 atom stereocenters. The number of ether oxygens (including phenoxy) is 4. The number of rotatable bonds is 12. The van der Waals surface area contributed by atoms with Crippen molar-refractivity contribution < 1.29 is 66.5 Å². The molecule has 2 aliphatic heterocycles. The Kier molecular flexibility index (Phi) is 8.10. The van der Waals surface area contributed by atoms with Crippen LogP contribution in [0.2, 0.25) is 0 Å². The zero-order valence-electron chi connectivity index (χ0n) is 29.5. The van der Waals surface area contributed by atoms with Gasteiger partial charge in [-0.05, 0) is 100 Å². The molecule has 2 heterocycles. The van der Waals surface area contributed by atoms with Crippen molar-refractivity contribution >= 4 is 16.5 Å². The summed E-state index contributed by atoms with van der Waals surface area (Å²) >= 11 is 0. The molecule has 10 fully saturated rings.